The minimum atomic E-state index is -1.66. The molecule has 0 aliphatic heterocycles. The fourth-order valence-corrected chi connectivity index (χ4v) is 0.702. The maximum atomic E-state index is 12.5. The number of nitriles is 1. The lowest BCUT2D eigenvalue weighted by atomic mass is 10.2. The first-order valence-corrected chi connectivity index (χ1v) is 2.91. The molecule has 0 fully saturated rings. The Morgan fingerprint density at radius 3 is 2.33 bits per heavy atom. The summed E-state index contributed by atoms with van der Waals surface area (Å²) in [5.41, 5.74) is 3.88. The molecule has 5 heteroatoms. The first-order chi connectivity index (χ1) is 5.57. The number of hydrogen-bond donors (Lipinski definition) is 1. The van der Waals surface area contributed by atoms with Crippen LogP contribution in [-0.4, -0.2) is 0 Å². The number of hydrogen-bond acceptors (Lipinski definition) is 2. The smallest absolute Gasteiger partial charge is 0.196 e. The van der Waals surface area contributed by atoms with Crippen LogP contribution in [0.4, 0.5) is 18.9 Å². The molecule has 2 nitrogen and oxygen atoms in total. The molecule has 0 spiro atoms. The van der Waals surface area contributed by atoms with Crippen molar-refractivity contribution in [3.63, 3.8) is 0 Å². The number of anilines is 1. The van der Waals surface area contributed by atoms with Crippen molar-refractivity contribution in [3.8, 4) is 6.07 Å². The van der Waals surface area contributed by atoms with Crippen LogP contribution in [0, 0.1) is 28.8 Å². The monoisotopic (exact) mass is 172 g/mol. The van der Waals surface area contributed by atoms with Gasteiger partial charge in [0.05, 0.1) is 11.3 Å². The highest BCUT2D eigenvalue weighted by Gasteiger charge is 2.15. The maximum absolute atomic E-state index is 12.5. The molecule has 1 rings (SSSR count). The van der Waals surface area contributed by atoms with Crippen LogP contribution < -0.4 is 5.73 Å². The minimum absolute atomic E-state index is 0.411. The molecule has 0 aliphatic rings. The van der Waals surface area contributed by atoms with Crippen molar-refractivity contribution in [1.29, 1.82) is 5.26 Å². The first-order valence-electron chi connectivity index (χ1n) is 2.91. The average molecular weight is 172 g/mol. The molecule has 0 saturated heterocycles. The van der Waals surface area contributed by atoms with E-state index in [1.165, 1.54) is 6.07 Å². The summed E-state index contributed by atoms with van der Waals surface area (Å²) in [6.07, 6.45) is 0. The normalized spacial score (nSPS) is 9.50. The first kappa shape index (κ1) is 8.40. The molecule has 62 valence electrons. The summed E-state index contributed by atoms with van der Waals surface area (Å²) in [5, 5.41) is 8.27. The largest absolute Gasteiger partial charge is 0.395 e. The van der Waals surface area contributed by atoms with Gasteiger partial charge in [0.2, 0.25) is 0 Å². The van der Waals surface area contributed by atoms with Gasteiger partial charge in [-0.3, -0.25) is 0 Å². The number of rotatable bonds is 0. The summed E-state index contributed by atoms with van der Waals surface area (Å²) in [6.45, 7) is 0. The minimum Gasteiger partial charge on any atom is -0.395 e. The number of nitrogens with two attached hydrogens (primary N) is 1. The fourth-order valence-electron chi connectivity index (χ4n) is 0.702. The third-order valence-corrected chi connectivity index (χ3v) is 1.32. The summed E-state index contributed by atoms with van der Waals surface area (Å²) in [6, 6.07) is 1.98. The Hall–Kier alpha value is -1.70. The van der Waals surface area contributed by atoms with Crippen molar-refractivity contribution in [1.82, 2.24) is 0 Å². The van der Waals surface area contributed by atoms with Crippen LogP contribution in [0.3, 0.4) is 0 Å². The van der Waals surface area contributed by atoms with Gasteiger partial charge in [-0.25, -0.2) is 13.2 Å². The van der Waals surface area contributed by atoms with Crippen LogP contribution in [0.2, 0.25) is 0 Å². The van der Waals surface area contributed by atoms with Gasteiger partial charge in [0.25, 0.3) is 0 Å². The second-order valence-corrected chi connectivity index (χ2v) is 2.06. The lowest BCUT2D eigenvalue weighted by molar-refractivity contribution is 0.449. The highest BCUT2D eigenvalue weighted by molar-refractivity contribution is 5.55. The molecule has 0 aliphatic carbocycles. The summed E-state index contributed by atoms with van der Waals surface area (Å²) in [4.78, 5) is 0. The number of nitrogens with zero attached hydrogens (tertiary/aromatic N) is 1. The van der Waals surface area contributed by atoms with E-state index < -0.39 is 28.7 Å². The number of nitrogen functional groups attached to an aromatic ring is 1. The standard InChI is InChI=1S/C7H3F3N2/c8-4-1-3(2-11)7(12)6(10)5(4)9/h1H,12H2. The van der Waals surface area contributed by atoms with Gasteiger partial charge in [0.1, 0.15) is 6.07 Å². The topological polar surface area (TPSA) is 49.8 Å². The highest BCUT2D eigenvalue weighted by atomic mass is 19.2. The third-order valence-electron chi connectivity index (χ3n) is 1.32. The van der Waals surface area contributed by atoms with Crippen LogP contribution in [0.5, 0.6) is 0 Å². The lowest BCUT2D eigenvalue weighted by Crippen LogP contribution is -2.01. The van der Waals surface area contributed by atoms with E-state index in [0.717, 1.165) is 0 Å². The van der Waals surface area contributed by atoms with Gasteiger partial charge in [-0.05, 0) is 6.07 Å². The van der Waals surface area contributed by atoms with Gasteiger partial charge in [0.15, 0.2) is 17.5 Å². The van der Waals surface area contributed by atoms with Crippen molar-refractivity contribution in [2.45, 2.75) is 0 Å². The Labute approximate surface area is 66.0 Å². The summed E-state index contributed by atoms with van der Waals surface area (Å²) in [5.74, 6) is -4.60. The van der Waals surface area contributed by atoms with E-state index in [0.29, 0.717) is 6.07 Å². The zero-order valence-corrected chi connectivity index (χ0v) is 5.74. The van der Waals surface area contributed by atoms with Crippen LogP contribution in [0.25, 0.3) is 0 Å². The van der Waals surface area contributed by atoms with E-state index in [-0.39, 0.29) is 0 Å². The zero-order valence-electron chi connectivity index (χ0n) is 5.74. The molecule has 0 amide bonds. The molecule has 1 aromatic carbocycles. The average Bonchev–Trinajstić information content (AvgIpc) is 2.08. The van der Waals surface area contributed by atoms with Gasteiger partial charge in [-0.1, -0.05) is 0 Å². The van der Waals surface area contributed by atoms with Crippen molar-refractivity contribution in [2.24, 2.45) is 0 Å². The zero-order chi connectivity index (χ0) is 9.30. The van der Waals surface area contributed by atoms with Gasteiger partial charge in [-0.15, -0.1) is 0 Å². The molecule has 0 aromatic heterocycles. The van der Waals surface area contributed by atoms with Crippen molar-refractivity contribution < 1.29 is 13.2 Å². The van der Waals surface area contributed by atoms with E-state index in [1.807, 2.05) is 0 Å². The second kappa shape index (κ2) is 2.74. The Bertz CT molecular complexity index is 368. The Kier molecular flexibility index (Phi) is 1.92. The molecular formula is C7H3F3N2. The summed E-state index contributed by atoms with van der Waals surface area (Å²) >= 11 is 0. The van der Waals surface area contributed by atoms with Gasteiger partial charge >= 0.3 is 0 Å². The van der Waals surface area contributed by atoms with E-state index in [9.17, 15) is 13.2 Å². The van der Waals surface area contributed by atoms with E-state index in [2.05, 4.69) is 0 Å². The predicted molar refractivity (Wildman–Crippen MR) is 35.4 cm³/mol. The van der Waals surface area contributed by atoms with E-state index in [1.54, 1.807) is 0 Å². The quantitative estimate of drug-likeness (QED) is 0.476. The Morgan fingerprint density at radius 2 is 1.83 bits per heavy atom. The Morgan fingerprint density at radius 1 is 1.25 bits per heavy atom. The van der Waals surface area contributed by atoms with Gasteiger partial charge in [0, 0.05) is 0 Å². The number of halogens is 3. The molecule has 0 heterocycles. The Balaban J connectivity index is 3.52. The molecule has 1 aromatic rings. The summed E-state index contributed by atoms with van der Waals surface area (Å²) < 4.78 is 37.3. The van der Waals surface area contributed by atoms with Crippen LogP contribution in [0.15, 0.2) is 6.07 Å². The lowest BCUT2D eigenvalue weighted by Gasteiger charge is -2.00. The molecule has 0 radical (unpaired) electrons. The van der Waals surface area contributed by atoms with Crippen LogP contribution >= 0.6 is 0 Å². The summed E-state index contributed by atoms with van der Waals surface area (Å²) in [7, 11) is 0. The van der Waals surface area contributed by atoms with Crippen molar-refractivity contribution in [3.05, 3.63) is 29.1 Å². The van der Waals surface area contributed by atoms with Crippen LogP contribution in [-0.2, 0) is 0 Å². The molecular weight excluding hydrogens is 169 g/mol. The molecule has 12 heavy (non-hydrogen) atoms. The highest BCUT2D eigenvalue weighted by Crippen LogP contribution is 2.20. The van der Waals surface area contributed by atoms with E-state index >= 15 is 0 Å². The molecule has 0 atom stereocenters. The predicted octanol–water partition coefficient (Wildman–Crippen LogP) is 1.56. The van der Waals surface area contributed by atoms with Gasteiger partial charge < -0.3 is 5.73 Å². The van der Waals surface area contributed by atoms with Crippen molar-refractivity contribution in [2.75, 3.05) is 5.73 Å². The maximum Gasteiger partial charge on any atom is 0.196 e. The van der Waals surface area contributed by atoms with Crippen LogP contribution in [0.1, 0.15) is 5.56 Å². The van der Waals surface area contributed by atoms with Gasteiger partial charge in [-0.2, -0.15) is 5.26 Å². The molecule has 0 bridgehead atoms. The molecule has 0 saturated carbocycles. The SMILES string of the molecule is N#Cc1cc(F)c(F)c(F)c1N. The third kappa shape index (κ3) is 1.07. The molecule has 0 unspecified atom stereocenters. The second-order valence-electron chi connectivity index (χ2n) is 2.06. The fraction of sp³-hybridized carbons (Fsp3) is 0. The number of benzene rings is 1. The molecule has 2 N–H and O–H groups in total. The van der Waals surface area contributed by atoms with E-state index in [4.69, 9.17) is 11.0 Å². The van der Waals surface area contributed by atoms with Crippen molar-refractivity contribution >= 4 is 5.69 Å².